The van der Waals surface area contributed by atoms with Crippen molar-refractivity contribution < 1.29 is 22.6 Å². The highest BCUT2D eigenvalue weighted by molar-refractivity contribution is 7.89. The van der Waals surface area contributed by atoms with E-state index in [0.29, 0.717) is 17.4 Å². The molecule has 0 heterocycles. The van der Waals surface area contributed by atoms with Crippen LogP contribution in [0.25, 0.3) is 0 Å². The van der Waals surface area contributed by atoms with Crippen LogP contribution in [0.2, 0.25) is 0 Å². The summed E-state index contributed by atoms with van der Waals surface area (Å²) in [4.78, 5) is 0.148. The highest BCUT2D eigenvalue weighted by Crippen LogP contribution is 2.42. The van der Waals surface area contributed by atoms with Gasteiger partial charge in [-0.2, -0.15) is 0 Å². The molecule has 0 unspecified atom stereocenters. The molecule has 1 aliphatic carbocycles. The summed E-state index contributed by atoms with van der Waals surface area (Å²) in [5, 5.41) is 0. The summed E-state index contributed by atoms with van der Waals surface area (Å²) in [5.41, 5.74) is 0.928. The van der Waals surface area contributed by atoms with E-state index in [2.05, 4.69) is 4.72 Å². The molecule has 0 spiro atoms. The monoisotopic (exact) mass is 377 g/mol. The molecule has 26 heavy (non-hydrogen) atoms. The lowest BCUT2D eigenvalue weighted by Gasteiger charge is -2.19. The van der Waals surface area contributed by atoms with E-state index in [9.17, 15) is 8.42 Å². The summed E-state index contributed by atoms with van der Waals surface area (Å²) in [6, 6.07) is 11.8. The van der Waals surface area contributed by atoms with Gasteiger partial charge in [-0.05, 0) is 48.6 Å². The molecule has 1 atom stereocenters. The number of methoxy groups -OCH3 is 3. The first kappa shape index (κ1) is 18.5. The van der Waals surface area contributed by atoms with Crippen molar-refractivity contribution in [2.45, 2.75) is 23.8 Å². The Bertz CT molecular complexity index is 860. The van der Waals surface area contributed by atoms with Crippen molar-refractivity contribution >= 4 is 10.0 Å². The van der Waals surface area contributed by atoms with Crippen molar-refractivity contribution in [3.05, 3.63) is 48.0 Å². The van der Waals surface area contributed by atoms with E-state index in [1.807, 2.05) is 24.3 Å². The predicted octanol–water partition coefficient (Wildman–Crippen LogP) is 3.14. The molecular weight excluding hydrogens is 354 g/mol. The zero-order valence-corrected chi connectivity index (χ0v) is 15.9. The number of benzene rings is 2. The zero-order chi connectivity index (χ0) is 18.7. The van der Waals surface area contributed by atoms with Gasteiger partial charge < -0.3 is 14.2 Å². The molecule has 1 saturated carbocycles. The summed E-state index contributed by atoms with van der Waals surface area (Å²) in [6.45, 7) is 0. The highest BCUT2D eigenvalue weighted by Gasteiger charge is 2.35. The quantitative estimate of drug-likeness (QED) is 0.765. The van der Waals surface area contributed by atoms with Crippen LogP contribution in [0.3, 0.4) is 0 Å². The van der Waals surface area contributed by atoms with Crippen LogP contribution in [0.1, 0.15) is 24.4 Å². The van der Waals surface area contributed by atoms with Gasteiger partial charge in [-0.15, -0.1) is 0 Å². The molecular formula is C19H23NO5S. The largest absolute Gasteiger partial charge is 0.497 e. The second kappa shape index (κ2) is 7.55. The first-order valence-electron chi connectivity index (χ1n) is 8.37. The third kappa shape index (κ3) is 3.94. The van der Waals surface area contributed by atoms with Gasteiger partial charge in [0.05, 0.1) is 26.2 Å². The topological polar surface area (TPSA) is 73.9 Å². The molecule has 0 amide bonds. The summed E-state index contributed by atoms with van der Waals surface area (Å²) in [7, 11) is 0.891. The van der Waals surface area contributed by atoms with E-state index in [4.69, 9.17) is 14.2 Å². The second-order valence-corrected chi connectivity index (χ2v) is 7.94. The Morgan fingerprint density at radius 2 is 1.58 bits per heavy atom. The Hall–Kier alpha value is -2.25. The summed E-state index contributed by atoms with van der Waals surface area (Å²) >= 11 is 0. The van der Waals surface area contributed by atoms with Crippen LogP contribution in [0, 0.1) is 5.92 Å². The van der Waals surface area contributed by atoms with E-state index in [-0.39, 0.29) is 10.9 Å². The molecule has 1 aliphatic rings. The van der Waals surface area contributed by atoms with Gasteiger partial charge in [0, 0.05) is 12.1 Å². The summed E-state index contributed by atoms with van der Waals surface area (Å²) in [5.74, 6) is 1.91. The van der Waals surface area contributed by atoms with Crippen LogP contribution in [0.4, 0.5) is 0 Å². The normalized spacial score (nSPS) is 15.3. The molecule has 1 N–H and O–H groups in total. The Morgan fingerprint density at radius 1 is 0.923 bits per heavy atom. The van der Waals surface area contributed by atoms with Crippen LogP contribution in [-0.4, -0.2) is 29.7 Å². The Balaban J connectivity index is 1.88. The van der Waals surface area contributed by atoms with Gasteiger partial charge in [0.1, 0.15) is 5.75 Å². The molecule has 6 nitrogen and oxygen atoms in total. The molecule has 0 radical (unpaired) electrons. The van der Waals surface area contributed by atoms with Crippen molar-refractivity contribution in [2.75, 3.05) is 21.3 Å². The fraction of sp³-hybridized carbons (Fsp3) is 0.368. The number of rotatable bonds is 8. The molecule has 2 aromatic rings. The fourth-order valence-corrected chi connectivity index (χ4v) is 4.20. The van der Waals surface area contributed by atoms with Gasteiger partial charge in [0.2, 0.25) is 10.0 Å². The average Bonchev–Trinajstić information content (AvgIpc) is 3.50. The average molecular weight is 377 g/mol. The van der Waals surface area contributed by atoms with E-state index >= 15 is 0 Å². The molecule has 0 bridgehead atoms. The lowest BCUT2D eigenvalue weighted by atomic mass is 10.0. The Morgan fingerprint density at radius 3 is 2.12 bits per heavy atom. The molecule has 0 aliphatic heterocycles. The van der Waals surface area contributed by atoms with E-state index in [1.54, 1.807) is 13.2 Å². The van der Waals surface area contributed by atoms with Crippen LogP contribution < -0.4 is 18.9 Å². The maximum absolute atomic E-state index is 12.9. The summed E-state index contributed by atoms with van der Waals surface area (Å²) in [6.07, 6.45) is 2.01. The van der Waals surface area contributed by atoms with Crippen molar-refractivity contribution in [1.82, 2.24) is 4.72 Å². The SMILES string of the molecule is COc1ccc([C@@H](NS(=O)(=O)c2ccc(OC)c(OC)c2)C2CC2)cc1. The highest BCUT2D eigenvalue weighted by atomic mass is 32.2. The van der Waals surface area contributed by atoms with Crippen molar-refractivity contribution in [3.63, 3.8) is 0 Å². The minimum absolute atomic E-state index is 0.148. The van der Waals surface area contributed by atoms with Crippen LogP contribution in [0.15, 0.2) is 47.4 Å². The smallest absolute Gasteiger partial charge is 0.241 e. The van der Waals surface area contributed by atoms with E-state index in [1.165, 1.54) is 26.4 Å². The number of sulfonamides is 1. The van der Waals surface area contributed by atoms with Crippen molar-refractivity contribution in [3.8, 4) is 17.2 Å². The van der Waals surface area contributed by atoms with Crippen molar-refractivity contribution in [1.29, 1.82) is 0 Å². The molecule has 3 rings (SSSR count). The third-order valence-electron chi connectivity index (χ3n) is 4.52. The number of ether oxygens (including phenoxy) is 3. The van der Waals surface area contributed by atoms with Gasteiger partial charge >= 0.3 is 0 Å². The predicted molar refractivity (Wildman–Crippen MR) is 98.3 cm³/mol. The maximum atomic E-state index is 12.9. The first-order chi connectivity index (χ1) is 12.5. The van der Waals surface area contributed by atoms with Crippen molar-refractivity contribution in [2.24, 2.45) is 5.92 Å². The molecule has 140 valence electrons. The van der Waals surface area contributed by atoms with Gasteiger partial charge in [-0.3, -0.25) is 0 Å². The third-order valence-corrected chi connectivity index (χ3v) is 5.95. The maximum Gasteiger partial charge on any atom is 0.241 e. The standard InChI is InChI=1S/C19H23NO5S/c1-23-15-8-6-14(7-9-15)19(13-4-5-13)20-26(21,22)16-10-11-17(24-2)18(12-16)25-3/h6-13,19-20H,4-5H2,1-3H3/t19-/m0/s1. The van der Waals surface area contributed by atoms with E-state index < -0.39 is 10.0 Å². The number of hydrogen-bond donors (Lipinski definition) is 1. The molecule has 0 saturated heterocycles. The Labute approximate surface area is 154 Å². The van der Waals surface area contributed by atoms with Gasteiger partial charge in [0.25, 0.3) is 0 Å². The van der Waals surface area contributed by atoms with E-state index in [0.717, 1.165) is 24.2 Å². The molecule has 1 fully saturated rings. The van der Waals surface area contributed by atoms with Gasteiger partial charge in [0.15, 0.2) is 11.5 Å². The lowest BCUT2D eigenvalue weighted by Crippen LogP contribution is -2.30. The lowest BCUT2D eigenvalue weighted by molar-refractivity contribution is 0.354. The zero-order valence-electron chi connectivity index (χ0n) is 15.1. The Kier molecular flexibility index (Phi) is 5.38. The minimum atomic E-state index is -3.70. The van der Waals surface area contributed by atoms with Gasteiger partial charge in [-0.1, -0.05) is 12.1 Å². The minimum Gasteiger partial charge on any atom is -0.497 e. The van der Waals surface area contributed by atoms with Crippen LogP contribution in [-0.2, 0) is 10.0 Å². The fourth-order valence-electron chi connectivity index (χ4n) is 2.90. The van der Waals surface area contributed by atoms with Crippen LogP contribution >= 0.6 is 0 Å². The van der Waals surface area contributed by atoms with Gasteiger partial charge in [-0.25, -0.2) is 13.1 Å². The van der Waals surface area contributed by atoms with Crippen LogP contribution in [0.5, 0.6) is 17.2 Å². The molecule has 0 aromatic heterocycles. The second-order valence-electron chi connectivity index (χ2n) is 6.23. The molecule has 7 heteroatoms. The number of nitrogens with one attached hydrogen (secondary N) is 1. The summed E-state index contributed by atoms with van der Waals surface area (Å²) < 4.78 is 44.2. The first-order valence-corrected chi connectivity index (χ1v) is 9.85. The molecule has 2 aromatic carbocycles. The number of hydrogen-bond acceptors (Lipinski definition) is 5.